The third kappa shape index (κ3) is 3.69. The zero-order chi connectivity index (χ0) is 18.0. The Balaban J connectivity index is 1.80. The number of ether oxygens (including phenoxy) is 2. The van der Waals surface area contributed by atoms with Crippen LogP contribution >= 0.6 is 15.9 Å². The predicted octanol–water partition coefficient (Wildman–Crippen LogP) is 5.40. The summed E-state index contributed by atoms with van der Waals surface area (Å²) in [6.45, 7) is 4.06. The van der Waals surface area contributed by atoms with Crippen LogP contribution in [0.4, 0.5) is 4.39 Å². The Hall–Kier alpha value is -2.34. The molecule has 25 heavy (non-hydrogen) atoms. The fourth-order valence-electron chi connectivity index (χ4n) is 2.50. The van der Waals surface area contributed by atoms with Crippen LogP contribution < -0.4 is 4.74 Å². The van der Waals surface area contributed by atoms with Crippen LogP contribution in [-0.4, -0.2) is 12.6 Å². The van der Waals surface area contributed by atoms with Crippen LogP contribution in [0.5, 0.6) is 5.75 Å². The second-order valence-corrected chi connectivity index (χ2v) is 6.37. The maximum atomic E-state index is 13.8. The summed E-state index contributed by atoms with van der Waals surface area (Å²) in [5, 5.41) is 0.785. The Kier molecular flexibility index (Phi) is 5.08. The Morgan fingerprint density at radius 1 is 1.24 bits per heavy atom. The molecule has 130 valence electrons. The molecule has 0 aliphatic heterocycles. The monoisotopic (exact) mass is 406 g/mol. The first kappa shape index (κ1) is 17.5. The van der Waals surface area contributed by atoms with Crippen LogP contribution in [0.25, 0.3) is 11.0 Å². The number of halogens is 2. The van der Waals surface area contributed by atoms with Crippen LogP contribution in [0.1, 0.15) is 28.6 Å². The van der Waals surface area contributed by atoms with E-state index in [1.165, 1.54) is 6.07 Å². The molecule has 6 heteroatoms. The van der Waals surface area contributed by atoms with Crippen LogP contribution in [0.2, 0.25) is 0 Å². The van der Waals surface area contributed by atoms with Gasteiger partial charge in [0.25, 0.3) is 0 Å². The van der Waals surface area contributed by atoms with Gasteiger partial charge in [0, 0.05) is 21.0 Å². The molecule has 0 unspecified atom stereocenters. The number of aryl methyl sites for hydroxylation is 1. The molecule has 0 spiro atoms. The maximum absolute atomic E-state index is 13.8. The summed E-state index contributed by atoms with van der Waals surface area (Å²) in [4.78, 5) is 12.3. The van der Waals surface area contributed by atoms with Gasteiger partial charge in [-0.05, 0) is 44.2 Å². The van der Waals surface area contributed by atoms with Gasteiger partial charge in [0.2, 0.25) is 5.76 Å². The fourth-order valence-corrected chi connectivity index (χ4v) is 2.83. The van der Waals surface area contributed by atoms with Gasteiger partial charge < -0.3 is 13.9 Å². The van der Waals surface area contributed by atoms with Gasteiger partial charge in [0.1, 0.15) is 23.8 Å². The van der Waals surface area contributed by atoms with Crippen molar-refractivity contribution < 1.29 is 23.1 Å². The minimum absolute atomic E-state index is 0.112. The van der Waals surface area contributed by atoms with Crippen molar-refractivity contribution >= 4 is 32.9 Å². The number of hydrogen-bond donors (Lipinski definition) is 0. The summed E-state index contributed by atoms with van der Waals surface area (Å²) in [6, 6.07) is 9.92. The molecule has 0 amide bonds. The van der Waals surface area contributed by atoms with E-state index in [2.05, 4.69) is 15.9 Å². The van der Waals surface area contributed by atoms with E-state index >= 15 is 0 Å². The van der Waals surface area contributed by atoms with Crippen LogP contribution in [-0.2, 0) is 11.3 Å². The topological polar surface area (TPSA) is 48.7 Å². The molecule has 0 saturated carbocycles. The number of hydrogen-bond acceptors (Lipinski definition) is 4. The quantitative estimate of drug-likeness (QED) is 0.532. The molecule has 0 saturated heterocycles. The second kappa shape index (κ2) is 7.27. The largest absolute Gasteiger partial charge is 0.494 e. The number of carbonyl (C=O) groups is 1. The molecule has 0 radical (unpaired) electrons. The van der Waals surface area contributed by atoms with Gasteiger partial charge in [-0.25, -0.2) is 9.18 Å². The van der Waals surface area contributed by atoms with Gasteiger partial charge in [-0.15, -0.1) is 0 Å². The molecule has 4 nitrogen and oxygen atoms in total. The summed E-state index contributed by atoms with van der Waals surface area (Å²) in [5.41, 5.74) is 1.53. The van der Waals surface area contributed by atoms with E-state index in [-0.39, 0.29) is 12.4 Å². The number of fused-ring (bicyclic) bond motifs is 1. The highest BCUT2D eigenvalue weighted by atomic mass is 79.9. The number of carbonyl (C=O) groups excluding carboxylic acids is 1. The molecule has 3 rings (SSSR count). The lowest BCUT2D eigenvalue weighted by molar-refractivity contribution is 0.0434. The minimum atomic E-state index is -0.631. The lowest BCUT2D eigenvalue weighted by atomic mass is 10.1. The first-order chi connectivity index (χ1) is 12.0. The van der Waals surface area contributed by atoms with Gasteiger partial charge in [-0.1, -0.05) is 22.0 Å². The van der Waals surface area contributed by atoms with E-state index in [1.807, 2.05) is 13.0 Å². The molecule has 0 N–H and O–H groups in total. The number of furan rings is 1. The molecule has 0 bridgehead atoms. The molecular formula is C19H16BrFO4. The van der Waals surface area contributed by atoms with E-state index in [0.717, 1.165) is 5.39 Å². The van der Waals surface area contributed by atoms with Crippen molar-refractivity contribution in [2.45, 2.75) is 20.5 Å². The number of esters is 1. The normalized spacial score (nSPS) is 10.9. The maximum Gasteiger partial charge on any atom is 0.374 e. The smallest absolute Gasteiger partial charge is 0.374 e. The average molecular weight is 407 g/mol. The lowest BCUT2D eigenvalue weighted by Crippen LogP contribution is -2.06. The first-order valence-electron chi connectivity index (χ1n) is 7.76. The standard InChI is InChI=1S/C19H16BrFO4/c1-3-23-14-6-7-17-15(9-14)11(2)18(25-17)19(22)24-10-12-4-5-13(20)8-16(12)21/h4-9H,3,10H2,1-2H3. The Morgan fingerprint density at radius 3 is 2.76 bits per heavy atom. The molecule has 1 aromatic heterocycles. The molecule has 0 aliphatic carbocycles. The van der Waals surface area contributed by atoms with E-state index in [9.17, 15) is 9.18 Å². The van der Waals surface area contributed by atoms with E-state index in [1.54, 1.807) is 31.2 Å². The van der Waals surface area contributed by atoms with Crippen molar-refractivity contribution in [1.82, 2.24) is 0 Å². The Labute approximate surface area is 152 Å². The lowest BCUT2D eigenvalue weighted by Gasteiger charge is -2.05. The van der Waals surface area contributed by atoms with Gasteiger partial charge in [0.05, 0.1) is 6.61 Å². The van der Waals surface area contributed by atoms with Crippen molar-refractivity contribution in [3.63, 3.8) is 0 Å². The van der Waals surface area contributed by atoms with E-state index < -0.39 is 11.8 Å². The van der Waals surface area contributed by atoms with Crippen molar-refractivity contribution in [2.75, 3.05) is 6.61 Å². The Morgan fingerprint density at radius 2 is 2.04 bits per heavy atom. The third-order valence-electron chi connectivity index (χ3n) is 3.78. The highest BCUT2D eigenvalue weighted by molar-refractivity contribution is 9.10. The van der Waals surface area contributed by atoms with E-state index in [4.69, 9.17) is 13.9 Å². The van der Waals surface area contributed by atoms with Crippen molar-refractivity contribution in [3.05, 3.63) is 63.6 Å². The summed E-state index contributed by atoms with van der Waals surface area (Å²) in [6.07, 6.45) is 0. The first-order valence-corrected chi connectivity index (χ1v) is 8.56. The molecule has 3 aromatic rings. The van der Waals surface area contributed by atoms with Gasteiger partial charge >= 0.3 is 5.97 Å². The van der Waals surface area contributed by atoms with E-state index in [0.29, 0.717) is 33.5 Å². The summed E-state index contributed by atoms with van der Waals surface area (Å²) in [5.74, 6) is -0.254. The number of benzene rings is 2. The molecule has 0 aliphatic rings. The van der Waals surface area contributed by atoms with Gasteiger partial charge in [-0.3, -0.25) is 0 Å². The average Bonchev–Trinajstić information content (AvgIpc) is 2.91. The molecule has 1 heterocycles. The Bertz CT molecular complexity index is 933. The minimum Gasteiger partial charge on any atom is -0.494 e. The summed E-state index contributed by atoms with van der Waals surface area (Å²) < 4.78 is 30.7. The zero-order valence-corrected chi connectivity index (χ0v) is 15.4. The van der Waals surface area contributed by atoms with Crippen molar-refractivity contribution in [1.29, 1.82) is 0 Å². The van der Waals surface area contributed by atoms with Crippen LogP contribution in [0.15, 0.2) is 45.3 Å². The highest BCUT2D eigenvalue weighted by Gasteiger charge is 2.20. The summed E-state index contributed by atoms with van der Waals surface area (Å²) >= 11 is 3.19. The second-order valence-electron chi connectivity index (χ2n) is 5.46. The zero-order valence-electron chi connectivity index (χ0n) is 13.8. The van der Waals surface area contributed by atoms with Crippen LogP contribution in [0, 0.1) is 12.7 Å². The number of rotatable bonds is 5. The van der Waals surface area contributed by atoms with Crippen molar-refractivity contribution in [3.8, 4) is 5.75 Å². The highest BCUT2D eigenvalue weighted by Crippen LogP contribution is 2.29. The molecular weight excluding hydrogens is 391 g/mol. The molecule has 0 atom stereocenters. The predicted molar refractivity (Wildman–Crippen MR) is 95.3 cm³/mol. The van der Waals surface area contributed by atoms with Crippen LogP contribution in [0.3, 0.4) is 0 Å². The SMILES string of the molecule is CCOc1ccc2oc(C(=O)OCc3ccc(Br)cc3F)c(C)c2c1. The summed E-state index contributed by atoms with van der Waals surface area (Å²) in [7, 11) is 0. The van der Waals surface area contributed by atoms with Crippen molar-refractivity contribution in [2.24, 2.45) is 0 Å². The third-order valence-corrected chi connectivity index (χ3v) is 4.27. The molecule has 0 fully saturated rings. The fraction of sp³-hybridized carbons (Fsp3) is 0.211. The molecule has 2 aromatic carbocycles. The van der Waals surface area contributed by atoms with Gasteiger partial charge in [0.15, 0.2) is 0 Å². The van der Waals surface area contributed by atoms with Gasteiger partial charge in [-0.2, -0.15) is 0 Å².